The van der Waals surface area contributed by atoms with E-state index in [1.807, 2.05) is 0 Å². The summed E-state index contributed by atoms with van der Waals surface area (Å²) in [5.74, 6) is -0.461. The summed E-state index contributed by atoms with van der Waals surface area (Å²) in [6.07, 6.45) is 3.04. The van der Waals surface area contributed by atoms with Gasteiger partial charge in [-0.05, 0) is 19.3 Å². The van der Waals surface area contributed by atoms with Crippen LogP contribution in [-0.2, 0) is 19.6 Å². The van der Waals surface area contributed by atoms with Gasteiger partial charge in [-0.1, -0.05) is 0 Å². The third-order valence-electron chi connectivity index (χ3n) is 2.85. The van der Waals surface area contributed by atoms with Crippen LogP contribution in [-0.4, -0.2) is 44.6 Å². The minimum absolute atomic E-state index is 0.461. The number of carbonyl (C=O) groups excluding carboxylic acids is 1. The Labute approximate surface area is 84.1 Å². The molecule has 0 aromatic rings. The summed E-state index contributed by atoms with van der Waals surface area (Å²) >= 11 is 0. The SMILES string of the molecule is COC(=O)C1(N(C)S(C)(=O)=O)CCC1. The normalized spacial score (nSPS) is 20.3. The van der Waals surface area contributed by atoms with E-state index < -0.39 is 21.5 Å². The number of ether oxygens (including phenoxy) is 1. The lowest BCUT2D eigenvalue weighted by atomic mass is 9.77. The molecule has 0 aromatic carbocycles. The lowest BCUT2D eigenvalue weighted by molar-refractivity contribution is -0.156. The van der Waals surface area contributed by atoms with Gasteiger partial charge in [0.1, 0.15) is 5.54 Å². The maximum atomic E-state index is 11.5. The molecule has 0 saturated heterocycles. The quantitative estimate of drug-likeness (QED) is 0.628. The first-order valence-electron chi connectivity index (χ1n) is 4.37. The van der Waals surface area contributed by atoms with Crippen molar-refractivity contribution in [3.63, 3.8) is 0 Å². The van der Waals surface area contributed by atoms with Crippen molar-refractivity contribution < 1.29 is 17.9 Å². The van der Waals surface area contributed by atoms with Crippen LogP contribution < -0.4 is 0 Å². The number of rotatable bonds is 3. The van der Waals surface area contributed by atoms with Crippen molar-refractivity contribution in [3.05, 3.63) is 0 Å². The van der Waals surface area contributed by atoms with Gasteiger partial charge in [0.25, 0.3) is 0 Å². The highest BCUT2D eigenvalue weighted by Crippen LogP contribution is 2.39. The zero-order valence-corrected chi connectivity index (χ0v) is 9.43. The second kappa shape index (κ2) is 3.51. The molecule has 0 bridgehead atoms. The second-order valence-electron chi connectivity index (χ2n) is 3.61. The maximum absolute atomic E-state index is 11.5. The topological polar surface area (TPSA) is 63.7 Å². The van der Waals surface area contributed by atoms with Gasteiger partial charge < -0.3 is 4.74 Å². The van der Waals surface area contributed by atoms with Crippen LogP contribution in [0.4, 0.5) is 0 Å². The minimum Gasteiger partial charge on any atom is -0.468 e. The van der Waals surface area contributed by atoms with E-state index in [0.717, 1.165) is 17.0 Å². The number of likely N-dealkylation sites (N-methyl/N-ethyl adjacent to an activating group) is 1. The molecule has 0 aromatic heterocycles. The van der Waals surface area contributed by atoms with Crippen molar-refractivity contribution in [2.24, 2.45) is 0 Å². The molecule has 0 unspecified atom stereocenters. The Bertz CT molecular complexity index is 331. The lowest BCUT2D eigenvalue weighted by Crippen LogP contribution is -2.59. The highest BCUT2D eigenvalue weighted by atomic mass is 32.2. The van der Waals surface area contributed by atoms with Crippen LogP contribution in [0.5, 0.6) is 0 Å². The molecule has 0 N–H and O–H groups in total. The Hall–Kier alpha value is -0.620. The number of hydrogen-bond donors (Lipinski definition) is 0. The average Bonchev–Trinajstić information content (AvgIpc) is 2.00. The molecular weight excluding hydrogens is 206 g/mol. The number of sulfonamides is 1. The number of carbonyl (C=O) groups is 1. The van der Waals surface area contributed by atoms with Gasteiger partial charge in [0, 0.05) is 7.05 Å². The van der Waals surface area contributed by atoms with E-state index in [4.69, 9.17) is 0 Å². The molecule has 6 heteroatoms. The van der Waals surface area contributed by atoms with E-state index in [1.54, 1.807) is 0 Å². The highest BCUT2D eigenvalue weighted by Gasteiger charge is 2.51. The molecule has 0 atom stereocenters. The summed E-state index contributed by atoms with van der Waals surface area (Å²) in [6, 6.07) is 0. The third kappa shape index (κ3) is 1.64. The molecule has 1 saturated carbocycles. The van der Waals surface area contributed by atoms with Crippen molar-refractivity contribution in [1.82, 2.24) is 4.31 Å². The molecule has 0 spiro atoms. The molecular formula is C8H15NO4S. The van der Waals surface area contributed by atoms with Crippen LogP contribution in [0.15, 0.2) is 0 Å². The van der Waals surface area contributed by atoms with Gasteiger partial charge in [-0.2, -0.15) is 4.31 Å². The Morgan fingerprint density at radius 1 is 1.43 bits per heavy atom. The standard InChI is InChI=1S/C8H15NO4S/c1-9(14(3,11)12)8(5-4-6-8)7(10)13-2/h4-6H2,1-3H3. The smallest absolute Gasteiger partial charge is 0.327 e. The van der Waals surface area contributed by atoms with E-state index in [-0.39, 0.29) is 0 Å². The zero-order valence-electron chi connectivity index (χ0n) is 8.61. The second-order valence-corrected chi connectivity index (χ2v) is 5.62. The van der Waals surface area contributed by atoms with Crippen molar-refractivity contribution in [1.29, 1.82) is 0 Å². The lowest BCUT2D eigenvalue weighted by Gasteiger charge is -2.44. The largest absolute Gasteiger partial charge is 0.468 e. The Kier molecular flexibility index (Phi) is 2.87. The summed E-state index contributed by atoms with van der Waals surface area (Å²) in [5.41, 5.74) is -0.942. The van der Waals surface area contributed by atoms with Gasteiger partial charge in [0.05, 0.1) is 13.4 Å². The predicted molar refractivity (Wildman–Crippen MR) is 51.2 cm³/mol. The van der Waals surface area contributed by atoms with Crippen molar-refractivity contribution >= 4 is 16.0 Å². The Morgan fingerprint density at radius 3 is 2.14 bits per heavy atom. The van der Waals surface area contributed by atoms with E-state index >= 15 is 0 Å². The van der Waals surface area contributed by atoms with Crippen LogP contribution in [0.25, 0.3) is 0 Å². The number of methoxy groups -OCH3 is 1. The molecule has 82 valence electrons. The Balaban J connectivity index is 2.97. The molecule has 0 aliphatic heterocycles. The highest BCUT2D eigenvalue weighted by molar-refractivity contribution is 7.88. The van der Waals surface area contributed by atoms with Gasteiger partial charge in [-0.15, -0.1) is 0 Å². The van der Waals surface area contributed by atoms with Gasteiger partial charge in [-0.25, -0.2) is 8.42 Å². The molecule has 5 nitrogen and oxygen atoms in total. The number of hydrogen-bond acceptors (Lipinski definition) is 4. The fourth-order valence-electron chi connectivity index (χ4n) is 1.67. The number of nitrogens with zero attached hydrogens (tertiary/aromatic N) is 1. The summed E-state index contributed by atoms with van der Waals surface area (Å²) in [6.45, 7) is 0. The molecule has 0 radical (unpaired) electrons. The molecule has 0 amide bonds. The third-order valence-corrected chi connectivity index (χ3v) is 4.19. The first-order valence-corrected chi connectivity index (χ1v) is 6.22. The first kappa shape index (κ1) is 11.5. The zero-order chi connectivity index (χ0) is 11.0. The summed E-state index contributed by atoms with van der Waals surface area (Å²) in [4.78, 5) is 11.5. The maximum Gasteiger partial charge on any atom is 0.327 e. The van der Waals surface area contributed by atoms with Gasteiger partial charge in [-0.3, -0.25) is 4.79 Å². The monoisotopic (exact) mass is 221 g/mol. The molecule has 1 aliphatic rings. The van der Waals surface area contributed by atoms with E-state index in [2.05, 4.69) is 4.74 Å². The van der Waals surface area contributed by atoms with Crippen LogP contribution in [0.1, 0.15) is 19.3 Å². The van der Waals surface area contributed by atoms with Crippen LogP contribution >= 0.6 is 0 Å². The fourth-order valence-corrected chi connectivity index (χ4v) is 2.56. The molecule has 1 aliphatic carbocycles. The van der Waals surface area contributed by atoms with Crippen molar-refractivity contribution in [2.75, 3.05) is 20.4 Å². The summed E-state index contributed by atoms with van der Waals surface area (Å²) in [5, 5.41) is 0. The summed E-state index contributed by atoms with van der Waals surface area (Å²) in [7, 11) is -0.646. The Morgan fingerprint density at radius 2 is 1.93 bits per heavy atom. The van der Waals surface area contributed by atoms with Gasteiger partial charge in [0.2, 0.25) is 10.0 Å². The van der Waals surface area contributed by atoms with E-state index in [9.17, 15) is 13.2 Å². The van der Waals surface area contributed by atoms with Gasteiger partial charge >= 0.3 is 5.97 Å². The van der Waals surface area contributed by atoms with Crippen molar-refractivity contribution in [3.8, 4) is 0 Å². The molecule has 1 rings (SSSR count). The molecule has 1 fully saturated rings. The average molecular weight is 221 g/mol. The molecule has 14 heavy (non-hydrogen) atoms. The van der Waals surface area contributed by atoms with Gasteiger partial charge in [0.15, 0.2) is 0 Å². The van der Waals surface area contributed by atoms with Crippen LogP contribution in [0, 0.1) is 0 Å². The van der Waals surface area contributed by atoms with Crippen LogP contribution in [0.2, 0.25) is 0 Å². The van der Waals surface area contributed by atoms with E-state index in [1.165, 1.54) is 14.2 Å². The van der Waals surface area contributed by atoms with E-state index in [0.29, 0.717) is 12.8 Å². The first-order chi connectivity index (χ1) is 6.34. The summed E-state index contributed by atoms with van der Waals surface area (Å²) < 4.78 is 28.4. The van der Waals surface area contributed by atoms with Crippen molar-refractivity contribution in [2.45, 2.75) is 24.8 Å². The van der Waals surface area contributed by atoms with Crippen LogP contribution in [0.3, 0.4) is 0 Å². The minimum atomic E-state index is -3.34. The predicted octanol–water partition coefficient (Wildman–Crippen LogP) is -0.0265. The number of esters is 1. The fraction of sp³-hybridized carbons (Fsp3) is 0.875. The molecule has 0 heterocycles.